The highest BCUT2D eigenvalue weighted by molar-refractivity contribution is 6.01. The maximum atomic E-state index is 12.0. The molecule has 0 radical (unpaired) electrons. The molecule has 0 spiro atoms. The van der Waals surface area contributed by atoms with Gasteiger partial charge in [0, 0.05) is 12.1 Å². The van der Waals surface area contributed by atoms with Crippen LogP contribution >= 0.6 is 0 Å². The number of hydrogen-bond donors (Lipinski definition) is 1. The van der Waals surface area contributed by atoms with Gasteiger partial charge in [-0.3, -0.25) is 4.79 Å². The lowest BCUT2D eigenvalue weighted by molar-refractivity contribution is -0.299. The van der Waals surface area contributed by atoms with Gasteiger partial charge in [-0.15, -0.1) is 0 Å². The van der Waals surface area contributed by atoms with E-state index in [0.717, 1.165) is 18.4 Å². The van der Waals surface area contributed by atoms with Gasteiger partial charge in [0.2, 0.25) is 5.91 Å². The van der Waals surface area contributed by atoms with Gasteiger partial charge in [0.05, 0.1) is 5.97 Å². The van der Waals surface area contributed by atoms with E-state index < -0.39 is 5.97 Å². The first-order valence-electron chi connectivity index (χ1n) is 6.44. The molecule has 0 aromatic heterocycles. The van der Waals surface area contributed by atoms with Crippen LogP contribution in [0.5, 0.6) is 0 Å². The second-order valence-corrected chi connectivity index (χ2v) is 4.62. The maximum absolute atomic E-state index is 12.0. The first kappa shape index (κ1) is 13.3. The molecule has 0 atom stereocenters. The first-order valence-corrected chi connectivity index (χ1v) is 6.44. The number of benzene rings is 1. The summed E-state index contributed by atoms with van der Waals surface area (Å²) in [4.78, 5) is 23.0. The molecule has 2 rings (SSSR count). The highest BCUT2D eigenvalue weighted by Crippen LogP contribution is 2.24. The third-order valence-electron chi connectivity index (χ3n) is 3.28. The van der Waals surface area contributed by atoms with E-state index in [4.69, 9.17) is 0 Å². The molecule has 0 aliphatic heterocycles. The second-order valence-electron chi connectivity index (χ2n) is 4.62. The van der Waals surface area contributed by atoms with Crippen molar-refractivity contribution in [2.75, 3.05) is 0 Å². The molecular formula is C15H16NO3-. The zero-order valence-corrected chi connectivity index (χ0v) is 10.6. The van der Waals surface area contributed by atoms with Crippen molar-refractivity contribution in [2.24, 2.45) is 0 Å². The van der Waals surface area contributed by atoms with Crippen molar-refractivity contribution >= 4 is 11.9 Å². The van der Waals surface area contributed by atoms with E-state index in [1.54, 1.807) is 0 Å². The normalized spacial score (nSPS) is 15.2. The van der Waals surface area contributed by atoms with Crippen LogP contribution in [0.2, 0.25) is 0 Å². The standard InChI is InChI=1S/C15H17NO3/c17-14(16-10-11-6-2-1-3-7-11)12-8-4-5-9-13(12)15(18)19/h1-3,6-7H,4-5,8-10H2,(H,16,17)(H,18,19)/p-1. The quantitative estimate of drug-likeness (QED) is 0.873. The van der Waals surface area contributed by atoms with Gasteiger partial charge in [-0.1, -0.05) is 30.3 Å². The van der Waals surface area contributed by atoms with Crippen molar-refractivity contribution in [3.05, 3.63) is 47.0 Å². The number of amides is 1. The molecule has 0 heterocycles. The smallest absolute Gasteiger partial charge is 0.247 e. The third kappa shape index (κ3) is 3.44. The van der Waals surface area contributed by atoms with Crippen LogP contribution in [0, 0.1) is 0 Å². The minimum Gasteiger partial charge on any atom is -0.545 e. The lowest BCUT2D eigenvalue weighted by Gasteiger charge is -2.20. The Morgan fingerprint density at radius 2 is 1.68 bits per heavy atom. The third-order valence-corrected chi connectivity index (χ3v) is 3.28. The van der Waals surface area contributed by atoms with E-state index in [2.05, 4.69) is 5.32 Å². The Morgan fingerprint density at radius 3 is 2.32 bits per heavy atom. The van der Waals surface area contributed by atoms with Crippen molar-refractivity contribution in [1.82, 2.24) is 5.32 Å². The highest BCUT2D eigenvalue weighted by Gasteiger charge is 2.19. The lowest BCUT2D eigenvalue weighted by atomic mass is 9.91. The van der Waals surface area contributed by atoms with Crippen LogP contribution in [-0.2, 0) is 16.1 Å². The minimum atomic E-state index is -1.22. The van der Waals surface area contributed by atoms with E-state index in [1.165, 1.54) is 0 Å². The van der Waals surface area contributed by atoms with Gasteiger partial charge < -0.3 is 15.2 Å². The van der Waals surface area contributed by atoms with E-state index in [1.807, 2.05) is 30.3 Å². The van der Waals surface area contributed by atoms with Crippen LogP contribution in [0.1, 0.15) is 31.2 Å². The Morgan fingerprint density at radius 1 is 1.05 bits per heavy atom. The molecule has 100 valence electrons. The molecule has 19 heavy (non-hydrogen) atoms. The molecule has 0 bridgehead atoms. The van der Waals surface area contributed by atoms with Gasteiger partial charge in [0.1, 0.15) is 0 Å². The number of carbonyl (C=O) groups is 2. The average Bonchev–Trinajstić information content (AvgIpc) is 2.46. The zero-order valence-electron chi connectivity index (χ0n) is 10.6. The zero-order chi connectivity index (χ0) is 13.7. The van der Waals surface area contributed by atoms with Crippen molar-refractivity contribution in [3.8, 4) is 0 Å². The molecule has 1 aliphatic rings. The largest absolute Gasteiger partial charge is 0.545 e. The fourth-order valence-corrected chi connectivity index (χ4v) is 2.27. The van der Waals surface area contributed by atoms with Crippen molar-refractivity contribution in [2.45, 2.75) is 32.2 Å². The van der Waals surface area contributed by atoms with Gasteiger partial charge in [0.15, 0.2) is 0 Å². The predicted octanol–water partition coefficient (Wildman–Crippen LogP) is 0.923. The number of aliphatic carboxylic acids is 1. The minimum absolute atomic E-state index is 0.164. The summed E-state index contributed by atoms with van der Waals surface area (Å²) < 4.78 is 0. The Labute approximate surface area is 112 Å². The number of carboxylic acids is 1. The van der Waals surface area contributed by atoms with Gasteiger partial charge in [-0.2, -0.15) is 0 Å². The van der Waals surface area contributed by atoms with Crippen LogP contribution in [-0.4, -0.2) is 11.9 Å². The predicted molar refractivity (Wildman–Crippen MR) is 68.8 cm³/mol. The molecule has 4 heteroatoms. The number of hydrogen-bond acceptors (Lipinski definition) is 3. The Balaban J connectivity index is 2.04. The summed E-state index contributed by atoms with van der Waals surface area (Å²) >= 11 is 0. The van der Waals surface area contributed by atoms with Gasteiger partial charge in [-0.05, 0) is 36.8 Å². The molecule has 0 saturated heterocycles. The summed E-state index contributed by atoms with van der Waals surface area (Å²) in [5, 5.41) is 13.8. The lowest BCUT2D eigenvalue weighted by Crippen LogP contribution is -2.32. The van der Waals surface area contributed by atoms with Crippen LogP contribution in [0.4, 0.5) is 0 Å². The van der Waals surface area contributed by atoms with E-state index in [-0.39, 0.29) is 11.5 Å². The fraction of sp³-hybridized carbons (Fsp3) is 0.333. The summed E-state index contributed by atoms with van der Waals surface area (Å²) in [5.41, 5.74) is 1.53. The molecule has 1 aliphatic carbocycles. The molecule has 0 unspecified atom stereocenters. The molecular weight excluding hydrogens is 242 g/mol. The fourth-order valence-electron chi connectivity index (χ4n) is 2.27. The van der Waals surface area contributed by atoms with E-state index in [0.29, 0.717) is 25.0 Å². The Hall–Kier alpha value is -2.10. The van der Waals surface area contributed by atoms with Crippen LogP contribution in [0.25, 0.3) is 0 Å². The van der Waals surface area contributed by atoms with Crippen LogP contribution in [0.15, 0.2) is 41.5 Å². The number of carbonyl (C=O) groups excluding carboxylic acids is 2. The first-order chi connectivity index (χ1) is 9.18. The molecule has 1 aromatic rings. The number of carboxylic acid groups (broad SMARTS) is 1. The second kappa shape index (κ2) is 6.18. The van der Waals surface area contributed by atoms with Gasteiger partial charge in [0.25, 0.3) is 0 Å². The Bertz CT molecular complexity index is 505. The molecule has 1 amide bonds. The summed E-state index contributed by atoms with van der Waals surface area (Å²) in [5.74, 6) is -1.51. The monoisotopic (exact) mass is 258 g/mol. The number of nitrogens with one attached hydrogen (secondary N) is 1. The summed E-state index contributed by atoms with van der Waals surface area (Å²) in [7, 11) is 0. The number of rotatable bonds is 4. The molecule has 1 N–H and O–H groups in total. The van der Waals surface area contributed by atoms with Crippen LogP contribution in [0.3, 0.4) is 0 Å². The molecule has 4 nitrogen and oxygen atoms in total. The van der Waals surface area contributed by atoms with Crippen LogP contribution < -0.4 is 10.4 Å². The summed E-state index contributed by atoms with van der Waals surface area (Å²) in [6, 6.07) is 9.52. The van der Waals surface area contributed by atoms with Crippen molar-refractivity contribution in [3.63, 3.8) is 0 Å². The Kier molecular flexibility index (Phi) is 4.34. The maximum Gasteiger partial charge on any atom is 0.247 e. The molecule has 0 saturated carbocycles. The topological polar surface area (TPSA) is 69.2 Å². The SMILES string of the molecule is O=C([O-])C1=C(C(=O)NCc2ccccc2)CCCC1. The van der Waals surface area contributed by atoms with Crippen molar-refractivity contribution in [1.29, 1.82) is 0 Å². The average molecular weight is 258 g/mol. The van der Waals surface area contributed by atoms with Gasteiger partial charge >= 0.3 is 0 Å². The highest BCUT2D eigenvalue weighted by atomic mass is 16.4. The van der Waals surface area contributed by atoms with E-state index in [9.17, 15) is 14.7 Å². The van der Waals surface area contributed by atoms with E-state index >= 15 is 0 Å². The summed E-state index contributed by atoms with van der Waals surface area (Å²) in [6.45, 7) is 0.406. The van der Waals surface area contributed by atoms with Gasteiger partial charge in [-0.25, -0.2) is 0 Å². The summed E-state index contributed by atoms with van der Waals surface area (Å²) in [6.07, 6.45) is 2.60. The molecule has 1 aromatic carbocycles. The molecule has 0 fully saturated rings. The van der Waals surface area contributed by atoms with Crippen molar-refractivity contribution < 1.29 is 14.7 Å².